The Morgan fingerprint density at radius 1 is 1.30 bits per heavy atom. The van der Waals surface area contributed by atoms with E-state index < -0.39 is 0 Å². The summed E-state index contributed by atoms with van der Waals surface area (Å²) in [6.45, 7) is 1.90. The van der Waals surface area contributed by atoms with Crippen LogP contribution in [0.15, 0.2) is 44.9 Å². The van der Waals surface area contributed by atoms with Crippen molar-refractivity contribution in [3.05, 3.63) is 46.2 Å². The lowest BCUT2D eigenvalue weighted by Gasteiger charge is -2.30. The second-order valence-electron chi connectivity index (χ2n) is 6.47. The highest BCUT2D eigenvalue weighted by Crippen LogP contribution is 2.37. The van der Waals surface area contributed by atoms with Gasteiger partial charge in [-0.05, 0) is 55.8 Å². The van der Waals surface area contributed by atoms with E-state index in [-0.39, 0.29) is 11.9 Å². The molecule has 27 heavy (non-hydrogen) atoms. The van der Waals surface area contributed by atoms with Crippen molar-refractivity contribution >= 4 is 45.4 Å². The van der Waals surface area contributed by atoms with Crippen molar-refractivity contribution < 1.29 is 9.21 Å². The molecule has 1 saturated carbocycles. The van der Waals surface area contributed by atoms with Gasteiger partial charge in [0.15, 0.2) is 5.17 Å². The van der Waals surface area contributed by atoms with E-state index in [4.69, 9.17) is 4.42 Å². The number of hydrogen-bond donors (Lipinski definition) is 0. The quantitative estimate of drug-likeness (QED) is 0.680. The van der Waals surface area contributed by atoms with E-state index >= 15 is 0 Å². The molecular formula is C19H20N4O2S2. The summed E-state index contributed by atoms with van der Waals surface area (Å²) in [7, 11) is 0. The van der Waals surface area contributed by atoms with Crippen LogP contribution in [-0.2, 0) is 4.79 Å². The van der Waals surface area contributed by atoms with Gasteiger partial charge in [-0.3, -0.25) is 9.69 Å². The summed E-state index contributed by atoms with van der Waals surface area (Å²) in [6.07, 6.45) is 12.7. The molecule has 1 saturated heterocycles. The molecule has 2 aromatic rings. The number of amides is 1. The second-order valence-corrected chi connectivity index (χ2v) is 8.64. The molecule has 2 aliphatic rings. The van der Waals surface area contributed by atoms with Gasteiger partial charge in [0.1, 0.15) is 10.8 Å². The molecule has 0 unspecified atom stereocenters. The second kappa shape index (κ2) is 8.22. The first kappa shape index (κ1) is 18.2. The smallest absolute Gasteiger partial charge is 0.266 e. The number of rotatable bonds is 4. The molecule has 2 aromatic heterocycles. The largest absolute Gasteiger partial charge is 0.465 e. The number of allylic oxidation sites excluding steroid dienone is 2. The summed E-state index contributed by atoms with van der Waals surface area (Å²) in [6, 6.07) is 3.92. The molecule has 8 heteroatoms. The molecular weight excluding hydrogens is 380 g/mol. The molecule has 1 aliphatic heterocycles. The highest BCUT2D eigenvalue weighted by atomic mass is 32.2. The average molecular weight is 401 g/mol. The Hall–Kier alpha value is -2.19. The van der Waals surface area contributed by atoms with Gasteiger partial charge in [-0.25, -0.2) is 0 Å². The lowest BCUT2D eigenvalue weighted by Crippen LogP contribution is -2.40. The molecule has 1 aliphatic carbocycles. The van der Waals surface area contributed by atoms with Crippen LogP contribution in [0.3, 0.4) is 0 Å². The maximum Gasteiger partial charge on any atom is 0.266 e. The van der Waals surface area contributed by atoms with Crippen molar-refractivity contribution in [1.82, 2.24) is 15.1 Å². The number of aliphatic imine (C=N–C) groups is 1. The highest BCUT2D eigenvalue weighted by Gasteiger charge is 2.38. The van der Waals surface area contributed by atoms with Crippen LogP contribution in [0, 0.1) is 6.92 Å². The first-order valence-corrected chi connectivity index (χ1v) is 10.7. The van der Waals surface area contributed by atoms with Crippen LogP contribution >= 0.6 is 23.1 Å². The number of carbonyl (C=O) groups is 1. The zero-order valence-corrected chi connectivity index (χ0v) is 16.6. The normalized spacial score (nSPS) is 22.0. The number of thioether (sulfide) groups is 1. The Morgan fingerprint density at radius 3 is 2.85 bits per heavy atom. The Balaban J connectivity index is 1.61. The molecule has 6 nitrogen and oxygen atoms in total. The van der Waals surface area contributed by atoms with Gasteiger partial charge in [0.25, 0.3) is 5.91 Å². The molecule has 0 N–H and O–H groups in total. The van der Waals surface area contributed by atoms with Gasteiger partial charge >= 0.3 is 0 Å². The number of nitrogens with zero attached hydrogens (tertiary/aromatic N) is 4. The predicted molar refractivity (Wildman–Crippen MR) is 109 cm³/mol. The third kappa shape index (κ3) is 4.22. The number of furan rings is 1. The number of hydrogen-bond acceptors (Lipinski definition) is 7. The molecule has 3 heterocycles. The van der Waals surface area contributed by atoms with Crippen LogP contribution in [0.25, 0.3) is 6.08 Å². The number of aryl methyl sites for hydroxylation is 1. The van der Waals surface area contributed by atoms with Crippen LogP contribution in [0.5, 0.6) is 0 Å². The van der Waals surface area contributed by atoms with Crippen LogP contribution in [0.1, 0.15) is 42.9 Å². The molecule has 0 radical (unpaired) electrons. The Morgan fingerprint density at radius 2 is 2.15 bits per heavy atom. The van der Waals surface area contributed by atoms with Crippen molar-refractivity contribution in [3.63, 3.8) is 0 Å². The molecule has 2 fully saturated rings. The minimum absolute atomic E-state index is 0.0241. The molecule has 0 atom stereocenters. The van der Waals surface area contributed by atoms with Crippen molar-refractivity contribution in [2.75, 3.05) is 0 Å². The zero-order valence-electron chi connectivity index (χ0n) is 15.0. The number of aromatic nitrogens is 2. The number of carbonyl (C=O) groups excluding carboxylic acids is 1. The van der Waals surface area contributed by atoms with E-state index in [9.17, 15) is 4.79 Å². The van der Waals surface area contributed by atoms with Gasteiger partial charge in [-0.2, -0.15) is 4.99 Å². The fourth-order valence-corrected chi connectivity index (χ4v) is 4.88. The van der Waals surface area contributed by atoms with Crippen LogP contribution in [0.2, 0.25) is 0 Å². The van der Waals surface area contributed by atoms with E-state index in [1.54, 1.807) is 6.26 Å². The zero-order chi connectivity index (χ0) is 18.6. The lowest BCUT2D eigenvalue weighted by atomic mass is 9.94. The fourth-order valence-electron chi connectivity index (χ4n) is 3.27. The first-order chi connectivity index (χ1) is 13.2. The summed E-state index contributed by atoms with van der Waals surface area (Å²) >= 11 is 2.84. The van der Waals surface area contributed by atoms with Crippen LogP contribution in [-0.4, -0.2) is 32.2 Å². The standard InChI is InChI=1S/C19H20N4O2S2/c1-13-21-22-18(26-13)20-19-23(14-7-3-2-4-8-14)17(24)16(27-19)11-5-9-15-10-6-12-25-15/h5-6,9-12,14H,2-4,7-8H2,1H3/b9-5+,16-11+,20-19+. The van der Waals surface area contributed by atoms with Crippen LogP contribution in [0.4, 0.5) is 5.13 Å². The molecule has 0 spiro atoms. The SMILES string of the molecule is Cc1nnc(/N=C2/S/C(=C/C=C/c3ccco3)C(=O)N2C2CCCCC2)s1. The topological polar surface area (TPSA) is 71.6 Å². The maximum atomic E-state index is 13.1. The summed E-state index contributed by atoms with van der Waals surface area (Å²) in [4.78, 5) is 20.2. The van der Waals surface area contributed by atoms with E-state index in [1.807, 2.05) is 42.2 Å². The summed E-state index contributed by atoms with van der Waals surface area (Å²) < 4.78 is 5.29. The minimum atomic E-state index is 0.0241. The summed E-state index contributed by atoms with van der Waals surface area (Å²) in [5.41, 5.74) is 0. The van der Waals surface area contributed by atoms with E-state index in [1.165, 1.54) is 29.5 Å². The van der Waals surface area contributed by atoms with Crippen molar-refractivity contribution in [3.8, 4) is 0 Å². The Labute approximate surface area is 166 Å². The fraction of sp³-hybridized carbons (Fsp3) is 0.368. The molecule has 140 valence electrons. The van der Waals surface area contributed by atoms with Crippen molar-refractivity contribution in [2.45, 2.75) is 45.1 Å². The van der Waals surface area contributed by atoms with E-state index in [0.717, 1.165) is 36.5 Å². The minimum Gasteiger partial charge on any atom is -0.465 e. The van der Waals surface area contributed by atoms with Crippen molar-refractivity contribution in [2.24, 2.45) is 4.99 Å². The lowest BCUT2D eigenvalue weighted by molar-refractivity contribution is -0.124. The Kier molecular flexibility index (Phi) is 5.54. The van der Waals surface area contributed by atoms with Gasteiger partial charge in [-0.1, -0.05) is 36.7 Å². The first-order valence-electron chi connectivity index (χ1n) is 9.03. The van der Waals surface area contributed by atoms with Gasteiger partial charge < -0.3 is 4.42 Å². The molecule has 4 rings (SSSR count). The molecule has 0 bridgehead atoms. The maximum absolute atomic E-state index is 13.1. The summed E-state index contributed by atoms with van der Waals surface area (Å²) in [5, 5.41) is 10.3. The van der Waals surface area contributed by atoms with Gasteiger partial charge in [0.05, 0.1) is 11.2 Å². The Bertz CT molecular complexity index is 893. The highest BCUT2D eigenvalue weighted by molar-refractivity contribution is 8.18. The summed E-state index contributed by atoms with van der Waals surface area (Å²) in [5.74, 6) is 0.778. The monoisotopic (exact) mass is 400 g/mol. The van der Waals surface area contributed by atoms with Gasteiger partial charge in [0.2, 0.25) is 5.13 Å². The van der Waals surface area contributed by atoms with Crippen molar-refractivity contribution in [1.29, 1.82) is 0 Å². The average Bonchev–Trinajstić information content (AvgIpc) is 3.39. The van der Waals surface area contributed by atoms with E-state index in [0.29, 0.717) is 15.2 Å². The van der Waals surface area contributed by atoms with Crippen LogP contribution < -0.4 is 0 Å². The number of amidine groups is 1. The third-order valence-corrected chi connectivity index (χ3v) is 6.27. The molecule has 0 aromatic carbocycles. The predicted octanol–water partition coefficient (Wildman–Crippen LogP) is 4.93. The third-order valence-electron chi connectivity index (χ3n) is 4.53. The van der Waals surface area contributed by atoms with Gasteiger partial charge in [-0.15, -0.1) is 10.2 Å². The van der Waals surface area contributed by atoms with Gasteiger partial charge in [0, 0.05) is 6.04 Å². The van der Waals surface area contributed by atoms with E-state index in [2.05, 4.69) is 15.2 Å². The molecule has 1 amide bonds.